The fraction of sp³-hybridized carbons (Fsp3) is 0.500. The summed E-state index contributed by atoms with van der Waals surface area (Å²) >= 11 is 0. The van der Waals surface area contributed by atoms with Crippen molar-refractivity contribution in [2.45, 2.75) is 44.1 Å². The molecule has 0 amide bonds. The number of nitrogens with zero attached hydrogens (tertiary/aromatic N) is 7. The van der Waals surface area contributed by atoms with Gasteiger partial charge in [-0.1, -0.05) is 0 Å². The van der Waals surface area contributed by atoms with Gasteiger partial charge in [0.15, 0.2) is 28.7 Å². The summed E-state index contributed by atoms with van der Waals surface area (Å²) in [6, 6.07) is 2.82. The van der Waals surface area contributed by atoms with Crippen LogP contribution in [0, 0.1) is 5.82 Å². The summed E-state index contributed by atoms with van der Waals surface area (Å²) in [5.41, 5.74) is 7.20. The van der Waals surface area contributed by atoms with Crippen molar-refractivity contribution in [2.75, 3.05) is 44.0 Å². The van der Waals surface area contributed by atoms with Crippen LogP contribution in [0.2, 0.25) is 0 Å². The molecule has 2 saturated heterocycles. The van der Waals surface area contributed by atoms with E-state index in [4.69, 9.17) is 20.2 Å². The van der Waals surface area contributed by atoms with Crippen molar-refractivity contribution >= 4 is 28.2 Å². The number of alkyl halides is 2. The molecule has 0 saturated carbocycles. The van der Waals surface area contributed by atoms with Gasteiger partial charge in [-0.2, -0.15) is 9.61 Å². The highest BCUT2D eigenvalue weighted by atomic mass is 19.3. The highest BCUT2D eigenvalue weighted by Crippen LogP contribution is 2.36. The van der Waals surface area contributed by atoms with Crippen molar-refractivity contribution in [1.29, 1.82) is 0 Å². The van der Waals surface area contributed by atoms with Gasteiger partial charge in [-0.15, -0.1) is 5.10 Å². The first-order valence-electron chi connectivity index (χ1n) is 12.3. The van der Waals surface area contributed by atoms with E-state index in [1.165, 1.54) is 23.8 Å². The summed E-state index contributed by atoms with van der Waals surface area (Å²) in [5.74, 6) is 0.00118. The van der Waals surface area contributed by atoms with Crippen LogP contribution in [0.4, 0.5) is 24.8 Å². The molecule has 196 valence electrons. The second-order valence-electron chi connectivity index (χ2n) is 9.49. The minimum Gasteiger partial charge on any atom is -0.494 e. The second-order valence-corrected chi connectivity index (χ2v) is 9.49. The van der Waals surface area contributed by atoms with Crippen LogP contribution in [0.15, 0.2) is 18.3 Å². The number of hydrogen-bond acceptors (Lipinski definition) is 8. The van der Waals surface area contributed by atoms with E-state index in [0.717, 1.165) is 25.7 Å². The average Bonchev–Trinajstić information content (AvgIpc) is 3.56. The molecule has 2 fully saturated rings. The van der Waals surface area contributed by atoms with E-state index >= 15 is 0 Å². The Morgan fingerprint density at radius 1 is 1.14 bits per heavy atom. The van der Waals surface area contributed by atoms with Crippen LogP contribution >= 0.6 is 0 Å². The zero-order valence-electron chi connectivity index (χ0n) is 20.3. The van der Waals surface area contributed by atoms with E-state index in [9.17, 15) is 13.2 Å². The Labute approximate surface area is 210 Å². The Morgan fingerprint density at radius 3 is 2.70 bits per heavy atom. The standard InChI is InChI=1S/C24H27F3N8O2/c1-36-19-10-17-15(9-16(19)25)23-30-22(32-35(23)24(28)29-17)13-3-2-6-33(11-13)18-12-34(31-20(18)21(26)27)14-4-7-37-8-5-14/h9-10,12-14,21H,2-8,11H2,1H3,(H2,28,29). The summed E-state index contributed by atoms with van der Waals surface area (Å²) in [6.45, 7) is 2.27. The maximum Gasteiger partial charge on any atom is 0.284 e. The van der Waals surface area contributed by atoms with Gasteiger partial charge in [-0.05, 0) is 31.7 Å². The summed E-state index contributed by atoms with van der Waals surface area (Å²) in [4.78, 5) is 11.0. The molecule has 0 spiro atoms. The molecule has 4 aromatic rings. The first-order chi connectivity index (χ1) is 17.9. The van der Waals surface area contributed by atoms with E-state index in [2.05, 4.69) is 15.2 Å². The number of rotatable bonds is 5. The Hall–Kier alpha value is -3.61. The lowest BCUT2D eigenvalue weighted by atomic mass is 9.97. The number of halogens is 3. The summed E-state index contributed by atoms with van der Waals surface area (Å²) in [5, 5.41) is 9.31. The Morgan fingerprint density at radius 2 is 1.95 bits per heavy atom. The number of nitrogen functional groups attached to an aromatic ring is 1. The molecule has 1 atom stereocenters. The lowest BCUT2D eigenvalue weighted by molar-refractivity contribution is 0.0654. The number of methoxy groups -OCH3 is 1. The first-order valence-corrected chi connectivity index (χ1v) is 12.3. The quantitative estimate of drug-likeness (QED) is 0.426. The van der Waals surface area contributed by atoms with Crippen molar-refractivity contribution in [3.8, 4) is 5.75 Å². The lowest BCUT2D eigenvalue weighted by Gasteiger charge is -2.32. The molecule has 1 unspecified atom stereocenters. The van der Waals surface area contributed by atoms with Crippen molar-refractivity contribution in [2.24, 2.45) is 0 Å². The molecular formula is C24H27F3N8O2. The van der Waals surface area contributed by atoms with Crippen molar-refractivity contribution in [3.63, 3.8) is 0 Å². The molecule has 0 radical (unpaired) electrons. The number of piperidine rings is 1. The fourth-order valence-electron chi connectivity index (χ4n) is 5.31. The third-order valence-electron chi connectivity index (χ3n) is 7.23. The number of ether oxygens (including phenoxy) is 2. The molecule has 6 rings (SSSR count). The molecule has 2 N–H and O–H groups in total. The third-order valence-corrected chi connectivity index (χ3v) is 7.23. The van der Waals surface area contributed by atoms with Crippen LogP contribution in [0.25, 0.3) is 16.6 Å². The van der Waals surface area contributed by atoms with Gasteiger partial charge in [0, 0.05) is 49.9 Å². The second kappa shape index (κ2) is 9.36. The predicted molar refractivity (Wildman–Crippen MR) is 130 cm³/mol. The predicted octanol–water partition coefficient (Wildman–Crippen LogP) is 3.88. The van der Waals surface area contributed by atoms with Crippen LogP contribution < -0.4 is 15.4 Å². The number of benzene rings is 1. The van der Waals surface area contributed by atoms with Gasteiger partial charge in [-0.25, -0.2) is 23.1 Å². The van der Waals surface area contributed by atoms with Gasteiger partial charge < -0.3 is 20.1 Å². The number of anilines is 2. The highest BCUT2D eigenvalue weighted by molar-refractivity contribution is 5.93. The van der Waals surface area contributed by atoms with E-state index in [0.29, 0.717) is 54.4 Å². The van der Waals surface area contributed by atoms with Crippen LogP contribution in [0.1, 0.15) is 55.6 Å². The molecule has 0 aliphatic carbocycles. The normalized spacial score (nSPS) is 19.4. The van der Waals surface area contributed by atoms with Crippen molar-refractivity contribution < 1.29 is 22.6 Å². The van der Waals surface area contributed by atoms with E-state index in [-0.39, 0.29) is 29.4 Å². The maximum absolute atomic E-state index is 14.5. The summed E-state index contributed by atoms with van der Waals surface area (Å²) < 4.78 is 56.0. The summed E-state index contributed by atoms with van der Waals surface area (Å²) in [7, 11) is 1.38. The highest BCUT2D eigenvalue weighted by Gasteiger charge is 2.31. The molecule has 1 aromatic carbocycles. The number of nitrogens with two attached hydrogens (primary N) is 1. The van der Waals surface area contributed by atoms with E-state index < -0.39 is 12.2 Å². The Kier molecular flexibility index (Phi) is 6.01. The van der Waals surface area contributed by atoms with Gasteiger partial charge in [0.05, 0.1) is 24.4 Å². The van der Waals surface area contributed by atoms with Gasteiger partial charge >= 0.3 is 0 Å². The molecular weight excluding hydrogens is 489 g/mol. The summed E-state index contributed by atoms with van der Waals surface area (Å²) in [6.07, 6.45) is 2.09. The third kappa shape index (κ3) is 4.20. The molecule has 5 heterocycles. The zero-order valence-corrected chi connectivity index (χ0v) is 20.3. The molecule has 2 aliphatic heterocycles. The SMILES string of the molecule is COc1cc2nc(N)n3nc(C4CCCN(c5cn(C6CCOCC6)nc5C(F)F)C4)nc3c2cc1F. The van der Waals surface area contributed by atoms with Crippen molar-refractivity contribution in [1.82, 2.24) is 29.4 Å². The minimum absolute atomic E-state index is 0.0449. The van der Waals surface area contributed by atoms with Crippen LogP contribution in [-0.4, -0.2) is 62.8 Å². The average molecular weight is 517 g/mol. The largest absolute Gasteiger partial charge is 0.494 e. The Balaban J connectivity index is 1.33. The smallest absolute Gasteiger partial charge is 0.284 e. The van der Waals surface area contributed by atoms with Crippen molar-refractivity contribution in [3.05, 3.63) is 35.7 Å². The van der Waals surface area contributed by atoms with Crippen LogP contribution in [-0.2, 0) is 4.74 Å². The maximum atomic E-state index is 14.5. The molecule has 0 bridgehead atoms. The monoisotopic (exact) mass is 516 g/mol. The molecule has 10 nitrogen and oxygen atoms in total. The molecule has 3 aromatic heterocycles. The number of hydrogen-bond donors (Lipinski definition) is 1. The molecule has 13 heteroatoms. The first kappa shape index (κ1) is 23.8. The van der Waals surface area contributed by atoms with Gasteiger partial charge in [0.1, 0.15) is 0 Å². The van der Waals surface area contributed by atoms with Gasteiger partial charge in [0.2, 0.25) is 5.95 Å². The van der Waals surface area contributed by atoms with E-state index in [1.807, 2.05) is 4.90 Å². The topological polar surface area (TPSA) is 109 Å². The zero-order chi connectivity index (χ0) is 25.7. The van der Waals surface area contributed by atoms with Gasteiger partial charge in [-0.3, -0.25) is 4.68 Å². The van der Waals surface area contributed by atoms with E-state index in [1.54, 1.807) is 10.9 Å². The van der Waals surface area contributed by atoms with Gasteiger partial charge in [0.25, 0.3) is 6.43 Å². The molecule has 37 heavy (non-hydrogen) atoms. The fourth-order valence-corrected chi connectivity index (χ4v) is 5.31. The molecule has 2 aliphatic rings. The number of aromatic nitrogens is 6. The Bertz CT molecular complexity index is 1450. The van der Waals surface area contributed by atoms with Crippen LogP contribution in [0.3, 0.4) is 0 Å². The van der Waals surface area contributed by atoms with Crippen LogP contribution in [0.5, 0.6) is 5.75 Å². The minimum atomic E-state index is -2.69. The lowest BCUT2D eigenvalue weighted by Crippen LogP contribution is -2.35. The number of fused-ring (bicyclic) bond motifs is 3.